The lowest BCUT2D eigenvalue weighted by Gasteiger charge is -2.34. The Labute approximate surface area is 182 Å². The molecule has 0 atom stereocenters. The van der Waals surface area contributed by atoms with Crippen LogP contribution in [0.15, 0.2) is 42.7 Å². The van der Waals surface area contributed by atoms with E-state index < -0.39 is 22.5 Å². The maximum atomic E-state index is 12.9. The van der Waals surface area contributed by atoms with Crippen molar-refractivity contribution in [3.05, 3.63) is 59.0 Å². The number of aromatic nitrogens is 3. The highest BCUT2D eigenvalue weighted by Crippen LogP contribution is 2.46. The molecule has 1 aromatic carbocycles. The summed E-state index contributed by atoms with van der Waals surface area (Å²) in [6.07, 6.45) is 0.653. The number of halogens is 3. The van der Waals surface area contributed by atoms with Crippen LogP contribution in [0.2, 0.25) is 0 Å². The molecule has 0 bridgehead atoms. The van der Waals surface area contributed by atoms with E-state index in [4.69, 9.17) is 0 Å². The monoisotopic (exact) mass is 468 g/mol. The van der Waals surface area contributed by atoms with Crippen LogP contribution in [0.3, 0.4) is 0 Å². The van der Waals surface area contributed by atoms with Gasteiger partial charge in [-0.15, -0.1) is 11.3 Å². The normalized spacial score (nSPS) is 17.2. The minimum absolute atomic E-state index is 0.136. The zero-order valence-corrected chi connectivity index (χ0v) is 18.0. The van der Waals surface area contributed by atoms with E-state index in [1.54, 1.807) is 18.3 Å². The van der Waals surface area contributed by atoms with E-state index in [2.05, 4.69) is 20.3 Å². The molecule has 0 unspecified atom stereocenters. The van der Waals surface area contributed by atoms with E-state index in [1.807, 2.05) is 19.1 Å². The molecule has 2 aromatic heterocycles. The Kier molecular flexibility index (Phi) is 5.77. The second-order valence-corrected chi connectivity index (χ2v) is 10.5. The molecular formula is C20H19F3N4O2S2. The Bertz CT molecular complexity index is 1150. The summed E-state index contributed by atoms with van der Waals surface area (Å²) in [5.74, 6) is 0.443. The molecular weight excluding hydrogens is 449 g/mol. The van der Waals surface area contributed by atoms with Crippen molar-refractivity contribution in [3.63, 3.8) is 0 Å². The fraction of sp³-hybridized carbons (Fsp3) is 0.250. The minimum Gasteiger partial charge on any atom is -0.324 e. The average Bonchev–Trinajstić information content (AvgIpc) is 3.17. The van der Waals surface area contributed by atoms with Crippen molar-refractivity contribution in [2.75, 3.05) is 16.8 Å². The average molecular weight is 469 g/mol. The molecule has 31 heavy (non-hydrogen) atoms. The molecule has 3 N–H and O–H groups in total. The Balaban J connectivity index is 1.58. The molecule has 3 aromatic rings. The summed E-state index contributed by atoms with van der Waals surface area (Å²) >= 11 is 1.48. The maximum Gasteiger partial charge on any atom is 0.433 e. The lowest BCUT2D eigenvalue weighted by atomic mass is 10.1. The summed E-state index contributed by atoms with van der Waals surface area (Å²) in [6.45, 7) is 1.89. The number of thiazole rings is 1. The topological polar surface area (TPSA) is 91.2 Å². The van der Waals surface area contributed by atoms with Gasteiger partial charge in [-0.25, -0.2) is 15.0 Å². The molecule has 164 valence electrons. The quantitative estimate of drug-likeness (QED) is 0.422. The first-order valence-electron chi connectivity index (χ1n) is 9.27. The van der Waals surface area contributed by atoms with Crippen LogP contribution < -0.4 is 5.32 Å². The summed E-state index contributed by atoms with van der Waals surface area (Å²) in [5.41, 5.74) is 2.31. The lowest BCUT2D eigenvalue weighted by molar-refractivity contribution is -0.141. The van der Waals surface area contributed by atoms with Crippen LogP contribution in [0.25, 0.3) is 16.0 Å². The number of allylic oxidation sites excluding steroid dienone is 1. The highest BCUT2D eigenvalue weighted by atomic mass is 32.3. The van der Waals surface area contributed by atoms with Crippen LogP contribution in [0.1, 0.15) is 22.7 Å². The lowest BCUT2D eigenvalue weighted by Crippen LogP contribution is -2.11. The minimum atomic E-state index is -4.54. The zero-order chi connectivity index (χ0) is 22.2. The van der Waals surface area contributed by atoms with Gasteiger partial charge < -0.3 is 5.32 Å². The fourth-order valence-electron chi connectivity index (χ4n) is 3.15. The van der Waals surface area contributed by atoms with Crippen LogP contribution in [-0.2, 0) is 6.18 Å². The maximum absolute atomic E-state index is 12.9. The first kappa shape index (κ1) is 21.8. The number of benzene rings is 1. The van der Waals surface area contributed by atoms with Gasteiger partial charge in [0.15, 0.2) is 0 Å². The summed E-state index contributed by atoms with van der Waals surface area (Å²) in [5, 5.41) is 3.67. The molecule has 0 saturated carbocycles. The van der Waals surface area contributed by atoms with Gasteiger partial charge in [-0.05, 0) is 48.2 Å². The van der Waals surface area contributed by atoms with Crippen LogP contribution in [0.4, 0.5) is 24.8 Å². The number of rotatable bonds is 4. The third-order valence-corrected chi connectivity index (χ3v) is 7.32. The smallest absolute Gasteiger partial charge is 0.324 e. The van der Waals surface area contributed by atoms with Gasteiger partial charge >= 0.3 is 6.18 Å². The Morgan fingerprint density at radius 2 is 1.97 bits per heavy atom. The van der Waals surface area contributed by atoms with Crippen LogP contribution in [-0.4, -0.2) is 35.6 Å². The SMILES string of the molecule is Cc1cc(Nc2nccc(C(F)(F)F)n2)cc(-c2cnc(C3=CCS(O)(O)CC3)s2)c1. The zero-order valence-electron chi connectivity index (χ0n) is 16.3. The van der Waals surface area contributed by atoms with Gasteiger partial charge in [0, 0.05) is 23.8 Å². The Morgan fingerprint density at radius 1 is 1.16 bits per heavy atom. The number of nitrogens with one attached hydrogen (secondary N) is 1. The number of alkyl halides is 3. The van der Waals surface area contributed by atoms with Gasteiger partial charge in [0.05, 0.1) is 10.6 Å². The van der Waals surface area contributed by atoms with Crippen molar-refractivity contribution in [2.45, 2.75) is 19.5 Å². The van der Waals surface area contributed by atoms with Gasteiger partial charge in [0.25, 0.3) is 0 Å². The summed E-state index contributed by atoms with van der Waals surface area (Å²) in [7, 11) is -2.51. The van der Waals surface area contributed by atoms with E-state index in [0.29, 0.717) is 17.9 Å². The number of aryl methyl sites for hydroxylation is 1. The van der Waals surface area contributed by atoms with E-state index in [9.17, 15) is 22.3 Å². The highest BCUT2D eigenvalue weighted by molar-refractivity contribution is 8.24. The number of hydrogen-bond acceptors (Lipinski definition) is 7. The van der Waals surface area contributed by atoms with Crippen LogP contribution in [0, 0.1) is 6.92 Å². The van der Waals surface area contributed by atoms with Crippen molar-refractivity contribution in [1.29, 1.82) is 0 Å². The largest absolute Gasteiger partial charge is 0.433 e. The third kappa shape index (κ3) is 5.24. The summed E-state index contributed by atoms with van der Waals surface area (Å²) in [6, 6.07) is 6.38. The predicted octanol–water partition coefficient (Wildman–Crippen LogP) is 6.21. The fourth-order valence-corrected chi connectivity index (χ4v) is 5.30. The van der Waals surface area contributed by atoms with Crippen LogP contribution >= 0.6 is 21.9 Å². The molecule has 0 fully saturated rings. The number of anilines is 2. The molecule has 4 rings (SSSR count). The molecule has 1 aliphatic heterocycles. The van der Waals surface area contributed by atoms with Crippen molar-refractivity contribution in [3.8, 4) is 10.4 Å². The molecule has 0 amide bonds. The number of hydrogen-bond donors (Lipinski definition) is 3. The molecule has 6 nitrogen and oxygen atoms in total. The third-order valence-electron chi connectivity index (χ3n) is 4.64. The molecule has 1 aliphatic rings. The molecule has 0 spiro atoms. The summed E-state index contributed by atoms with van der Waals surface area (Å²) in [4.78, 5) is 12.8. The van der Waals surface area contributed by atoms with Crippen molar-refractivity contribution in [2.24, 2.45) is 0 Å². The van der Waals surface area contributed by atoms with E-state index in [1.165, 1.54) is 11.3 Å². The highest BCUT2D eigenvalue weighted by Gasteiger charge is 2.32. The van der Waals surface area contributed by atoms with Crippen molar-refractivity contribution < 1.29 is 22.3 Å². The van der Waals surface area contributed by atoms with Gasteiger partial charge in [0.2, 0.25) is 5.95 Å². The van der Waals surface area contributed by atoms with E-state index in [-0.39, 0.29) is 11.7 Å². The van der Waals surface area contributed by atoms with E-state index in [0.717, 1.165) is 38.8 Å². The first-order valence-corrected chi connectivity index (χ1v) is 12.0. The Hall–Kier alpha value is -2.47. The van der Waals surface area contributed by atoms with Gasteiger partial charge in [-0.2, -0.15) is 23.8 Å². The Morgan fingerprint density at radius 3 is 2.68 bits per heavy atom. The second-order valence-electron chi connectivity index (χ2n) is 7.16. The second kappa shape index (κ2) is 8.23. The summed E-state index contributed by atoms with van der Waals surface area (Å²) < 4.78 is 58.2. The standard InChI is InChI=1S/C20H19F3N4O2S2/c1-12-8-14(16-11-25-18(30-16)13-3-6-31(28,29)7-4-13)10-15(9-12)26-19-24-5-2-17(27-19)20(21,22)23/h2-3,5,8-11,28-29H,4,6-7H2,1H3,(H,24,26,27). The molecule has 3 heterocycles. The molecule has 0 saturated heterocycles. The molecule has 0 radical (unpaired) electrons. The van der Waals surface area contributed by atoms with Crippen molar-refractivity contribution >= 4 is 39.1 Å². The predicted molar refractivity (Wildman–Crippen MR) is 118 cm³/mol. The first-order chi connectivity index (χ1) is 14.6. The van der Waals surface area contributed by atoms with Gasteiger partial charge in [-0.3, -0.25) is 9.11 Å². The van der Waals surface area contributed by atoms with Gasteiger partial charge in [0.1, 0.15) is 10.7 Å². The van der Waals surface area contributed by atoms with E-state index >= 15 is 0 Å². The van der Waals surface area contributed by atoms with Gasteiger partial charge in [-0.1, -0.05) is 12.1 Å². The molecule has 11 heteroatoms. The number of nitrogens with zero attached hydrogens (tertiary/aromatic N) is 3. The van der Waals surface area contributed by atoms with Crippen LogP contribution in [0.5, 0.6) is 0 Å². The van der Waals surface area contributed by atoms with Crippen molar-refractivity contribution in [1.82, 2.24) is 15.0 Å². The molecule has 0 aliphatic carbocycles.